The van der Waals surface area contributed by atoms with Crippen molar-refractivity contribution in [3.8, 4) is 17.2 Å². The second kappa shape index (κ2) is 7.30. The van der Waals surface area contributed by atoms with E-state index in [0.29, 0.717) is 34.6 Å². The van der Waals surface area contributed by atoms with E-state index in [-0.39, 0.29) is 5.91 Å². The van der Waals surface area contributed by atoms with Gasteiger partial charge in [-0.3, -0.25) is 4.79 Å². The summed E-state index contributed by atoms with van der Waals surface area (Å²) >= 11 is 0. The van der Waals surface area contributed by atoms with E-state index in [1.807, 2.05) is 0 Å². The molecule has 2 rings (SSSR count). The van der Waals surface area contributed by atoms with E-state index in [4.69, 9.17) is 14.2 Å². The molecule has 1 aromatic heterocycles. The molecule has 0 spiro atoms. The van der Waals surface area contributed by atoms with Gasteiger partial charge in [0.1, 0.15) is 0 Å². The Morgan fingerprint density at radius 2 is 1.52 bits per heavy atom. The lowest BCUT2D eigenvalue weighted by Gasteiger charge is -2.14. The Balaban J connectivity index is 2.24. The van der Waals surface area contributed by atoms with Gasteiger partial charge >= 0.3 is 0 Å². The number of nitrogens with one attached hydrogen (secondary N) is 2. The lowest BCUT2D eigenvalue weighted by atomic mass is 10.2. The van der Waals surface area contributed by atoms with Gasteiger partial charge < -0.3 is 24.8 Å². The van der Waals surface area contributed by atoms with Crippen molar-refractivity contribution in [1.82, 2.24) is 10.2 Å². The van der Waals surface area contributed by atoms with Crippen LogP contribution >= 0.6 is 0 Å². The van der Waals surface area contributed by atoms with Crippen molar-refractivity contribution in [2.24, 2.45) is 0 Å². The number of hydrogen-bond acceptors (Lipinski definition) is 7. The highest BCUT2D eigenvalue weighted by atomic mass is 16.5. The summed E-state index contributed by atoms with van der Waals surface area (Å²) in [4.78, 5) is 11.0. The summed E-state index contributed by atoms with van der Waals surface area (Å²) in [6.45, 7) is 1.41. The lowest BCUT2D eigenvalue weighted by molar-refractivity contribution is -0.114. The van der Waals surface area contributed by atoms with Crippen molar-refractivity contribution in [1.29, 1.82) is 0 Å². The standard InChI is InChI=1S/C15H18N4O4/c1-9(20)16-13-5-6-14(19-18-13)17-10-7-11(21-2)15(23-4)12(8-10)22-3/h5-8H,1-4H3,(H,17,19)(H,16,18,20). The van der Waals surface area contributed by atoms with Gasteiger partial charge in [-0.15, -0.1) is 10.2 Å². The molecule has 1 aromatic carbocycles. The van der Waals surface area contributed by atoms with Crippen LogP contribution in [-0.4, -0.2) is 37.4 Å². The molecule has 0 aliphatic rings. The van der Waals surface area contributed by atoms with Gasteiger partial charge in [0.05, 0.1) is 21.3 Å². The summed E-state index contributed by atoms with van der Waals surface area (Å²) < 4.78 is 15.9. The van der Waals surface area contributed by atoms with Gasteiger partial charge in [0.15, 0.2) is 23.1 Å². The first-order chi connectivity index (χ1) is 11.1. The van der Waals surface area contributed by atoms with E-state index in [1.165, 1.54) is 6.92 Å². The number of aromatic nitrogens is 2. The van der Waals surface area contributed by atoms with Crippen LogP contribution in [0.25, 0.3) is 0 Å². The molecule has 1 amide bonds. The molecule has 122 valence electrons. The van der Waals surface area contributed by atoms with Gasteiger partial charge in [-0.25, -0.2) is 0 Å². The number of nitrogens with zero attached hydrogens (tertiary/aromatic N) is 2. The van der Waals surface area contributed by atoms with E-state index in [0.717, 1.165) is 0 Å². The van der Waals surface area contributed by atoms with Gasteiger partial charge in [-0.1, -0.05) is 0 Å². The van der Waals surface area contributed by atoms with Crippen molar-refractivity contribution < 1.29 is 19.0 Å². The Morgan fingerprint density at radius 1 is 0.957 bits per heavy atom. The molecule has 0 radical (unpaired) electrons. The van der Waals surface area contributed by atoms with Gasteiger partial charge in [-0.2, -0.15) is 0 Å². The fourth-order valence-corrected chi connectivity index (χ4v) is 1.95. The van der Waals surface area contributed by atoms with Crippen molar-refractivity contribution in [3.63, 3.8) is 0 Å². The molecule has 0 unspecified atom stereocenters. The first-order valence-corrected chi connectivity index (χ1v) is 6.75. The van der Waals surface area contributed by atoms with Crippen LogP contribution in [0.2, 0.25) is 0 Å². The summed E-state index contributed by atoms with van der Waals surface area (Å²) in [5, 5.41) is 13.5. The maximum atomic E-state index is 11.0. The van der Waals surface area contributed by atoms with Crippen LogP contribution in [0.5, 0.6) is 17.2 Å². The Morgan fingerprint density at radius 3 is 1.96 bits per heavy atom. The average molecular weight is 318 g/mol. The van der Waals surface area contributed by atoms with Crippen molar-refractivity contribution in [3.05, 3.63) is 24.3 Å². The third-order valence-corrected chi connectivity index (χ3v) is 2.91. The highest BCUT2D eigenvalue weighted by molar-refractivity contribution is 5.87. The number of anilines is 3. The second-order valence-corrected chi connectivity index (χ2v) is 4.52. The van der Waals surface area contributed by atoms with Crippen LogP contribution in [0, 0.1) is 0 Å². The Hall–Kier alpha value is -3.03. The van der Waals surface area contributed by atoms with Crippen LogP contribution in [0.3, 0.4) is 0 Å². The van der Waals surface area contributed by atoms with Crippen LogP contribution in [-0.2, 0) is 4.79 Å². The zero-order valence-electron chi connectivity index (χ0n) is 13.3. The largest absolute Gasteiger partial charge is 0.493 e. The monoisotopic (exact) mass is 318 g/mol. The van der Waals surface area contributed by atoms with Crippen LogP contribution in [0.4, 0.5) is 17.3 Å². The quantitative estimate of drug-likeness (QED) is 0.843. The molecular weight excluding hydrogens is 300 g/mol. The van der Waals surface area contributed by atoms with Gasteiger partial charge in [0, 0.05) is 24.7 Å². The Bertz CT molecular complexity index is 663. The van der Waals surface area contributed by atoms with Crippen molar-refractivity contribution >= 4 is 23.2 Å². The third kappa shape index (κ3) is 4.00. The molecular formula is C15H18N4O4. The number of carbonyl (C=O) groups excluding carboxylic acids is 1. The molecule has 8 heteroatoms. The van der Waals surface area contributed by atoms with E-state index >= 15 is 0 Å². The van der Waals surface area contributed by atoms with Crippen LogP contribution in [0.1, 0.15) is 6.92 Å². The highest BCUT2D eigenvalue weighted by Gasteiger charge is 2.13. The zero-order chi connectivity index (χ0) is 16.8. The highest BCUT2D eigenvalue weighted by Crippen LogP contribution is 2.40. The molecule has 2 aromatic rings. The van der Waals surface area contributed by atoms with E-state index in [9.17, 15) is 4.79 Å². The van der Waals surface area contributed by atoms with E-state index in [1.54, 1.807) is 45.6 Å². The molecule has 0 fully saturated rings. The summed E-state index contributed by atoms with van der Waals surface area (Å²) in [5.41, 5.74) is 0.695. The number of benzene rings is 1. The van der Waals surface area contributed by atoms with Gasteiger partial charge in [0.2, 0.25) is 11.7 Å². The summed E-state index contributed by atoms with van der Waals surface area (Å²) in [7, 11) is 4.63. The minimum atomic E-state index is -0.204. The molecule has 8 nitrogen and oxygen atoms in total. The molecule has 0 aliphatic heterocycles. The minimum absolute atomic E-state index is 0.204. The number of methoxy groups -OCH3 is 3. The number of ether oxygens (including phenoxy) is 3. The van der Waals surface area contributed by atoms with Crippen LogP contribution < -0.4 is 24.8 Å². The van der Waals surface area contributed by atoms with Gasteiger partial charge in [0.25, 0.3) is 0 Å². The normalized spacial score (nSPS) is 9.91. The predicted molar refractivity (Wildman–Crippen MR) is 85.7 cm³/mol. The van der Waals surface area contributed by atoms with Crippen molar-refractivity contribution in [2.45, 2.75) is 6.92 Å². The zero-order valence-corrected chi connectivity index (χ0v) is 13.3. The van der Waals surface area contributed by atoms with E-state index < -0.39 is 0 Å². The fourth-order valence-electron chi connectivity index (χ4n) is 1.95. The minimum Gasteiger partial charge on any atom is -0.493 e. The Kier molecular flexibility index (Phi) is 5.19. The molecule has 0 atom stereocenters. The molecule has 1 heterocycles. The number of amides is 1. The SMILES string of the molecule is COc1cc(Nc2ccc(NC(C)=O)nn2)cc(OC)c1OC. The number of carbonyl (C=O) groups is 1. The maximum Gasteiger partial charge on any atom is 0.222 e. The first kappa shape index (κ1) is 16.3. The van der Waals surface area contributed by atoms with E-state index in [2.05, 4.69) is 20.8 Å². The number of hydrogen-bond donors (Lipinski definition) is 2. The maximum absolute atomic E-state index is 11.0. The van der Waals surface area contributed by atoms with Gasteiger partial charge in [-0.05, 0) is 12.1 Å². The van der Waals surface area contributed by atoms with Crippen LogP contribution in [0.15, 0.2) is 24.3 Å². The summed E-state index contributed by atoms with van der Waals surface area (Å²) in [6, 6.07) is 6.85. The predicted octanol–water partition coefficient (Wildman–Crippen LogP) is 2.20. The molecule has 2 N–H and O–H groups in total. The number of rotatable bonds is 6. The summed E-state index contributed by atoms with van der Waals surface area (Å²) in [5.74, 6) is 2.24. The third-order valence-electron chi connectivity index (χ3n) is 2.91. The lowest BCUT2D eigenvalue weighted by Crippen LogP contribution is -2.08. The molecule has 0 bridgehead atoms. The second-order valence-electron chi connectivity index (χ2n) is 4.52. The molecule has 0 saturated carbocycles. The molecule has 23 heavy (non-hydrogen) atoms. The topological polar surface area (TPSA) is 94.6 Å². The summed E-state index contributed by atoms with van der Waals surface area (Å²) in [6.07, 6.45) is 0. The average Bonchev–Trinajstić information content (AvgIpc) is 2.55. The fraction of sp³-hybridized carbons (Fsp3) is 0.267. The molecule has 0 saturated heterocycles. The molecule has 0 aliphatic carbocycles. The van der Waals surface area contributed by atoms with Crippen molar-refractivity contribution in [2.75, 3.05) is 32.0 Å². The Labute approximate surface area is 133 Å². The smallest absolute Gasteiger partial charge is 0.222 e. The first-order valence-electron chi connectivity index (χ1n) is 6.75.